The normalized spacial score (nSPS) is 48.8. The van der Waals surface area contributed by atoms with Crippen LogP contribution in [0.3, 0.4) is 0 Å². The minimum Gasteiger partial charge on any atom is -0.389 e. The summed E-state index contributed by atoms with van der Waals surface area (Å²) in [5.74, 6) is 2.64. The van der Waals surface area contributed by atoms with E-state index in [1.165, 1.54) is 23.5 Å². The van der Waals surface area contributed by atoms with Gasteiger partial charge in [0.25, 0.3) is 0 Å². The van der Waals surface area contributed by atoms with E-state index >= 15 is 0 Å². The summed E-state index contributed by atoms with van der Waals surface area (Å²) in [6.07, 6.45) is -39.8. The predicted octanol–water partition coefficient (Wildman–Crippen LogP) is -13.9. The van der Waals surface area contributed by atoms with E-state index in [1.54, 1.807) is 21.6 Å². The van der Waals surface area contributed by atoms with Crippen molar-refractivity contribution in [1.29, 1.82) is 0 Å². The molecule has 0 aromatic rings. The molecule has 2 saturated carbocycles. The number of hydrogen-bond acceptors (Lipinski definition) is 42. The fourth-order valence-corrected chi connectivity index (χ4v) is 16.1. The monoisotopic (exact) mass is 1470 g/mol. The molecular formula is C54H106N12O26S4. The Morgan fingerprint density at radius 1 is 0.281 bits per heavy atom. The van der Waals surface area contributed by atoms with Gasteiger partial charge < -0.3 is 196 Å². The summed E-state index contributed by atoms with van der Waals surface area (Å²) in [7, 11) is 3.18. The first-order valence-electron chi connectivity index (χ1n) is 32.2. The van der Waals surface area contributed by atoms with Gasteiger partial charge >= 0.3 is 0 Å². The maximum absolute atomic E-state index is 11.9. The zero-order chi connectivity index (χ0) is 70.0. The summed E-state index contributed by atoms with van der Waals surface area (Å²) in [5, 5.41) is 131. The maximum atomic E-state index is 11.9. The lowest BCUT2D eigenvalue weighted by Crippen LogP contribution is -2.68. The van der Waals surface area contributed by atoms with E-state index in [4.69, 9.17) is 135 Å². The first kappa shape index (κ1) is 81.5. The molecule has 36 N–H and O–H groups in total. The summed E-state index contributed by atoms with van der Waals surface area (Å²) in [5.41, 5.74) is 73.7. The highest BCUT2D eigenvalue weighted by atomic mass is 33.1. The van der Waals surface area contributed by atoms with Crippen molar-refractivity contribution in [3.8, 4) is 0 Å². The lowest BCUT2D eigenvalue weighted by molar-refractivity contribution is -0.306. The van der Waals surface area contributed by atoms with E-state index in [1.807, 2.05) is 0 Å². The molecule has 38 nitrogen and oxygen atoms in total. The van der Waals surface area contributed by atoms with Gasteiger partial charge in [0.15, 0.2) is 37.7 Å². The molecule has 0 spiro atoms. The molecular weight excluding hydrogens is 1360 g/mol. The van der Waals surface area contributed by atoms with Crippen LogP contribution in [0.4, 0.5) is 0 Å². The van der Waals surface area contributed by atoms with Crippen LogP contribution in [0.15, 0.2) is 0 Å². The molecule has 96 heavy (non-hydrogen) atoms. The van der Waals surface area contributed by atoms with Gasteiger partial charge in [0, 0.05) is 84.9 Å². The van der Waals surface area contributed by atoms with E-state index in [0.717, 1.165) is 0 Å². The quantitative estimate of drug-likeness (QED) is 0.0214. The first-order chi connectivity index (χ1) is 45.8. The lowest BCUT2D eigenvalue weighted by Gasteiger charge is -2.47. The summed E-state index contributed by atoms with van der Waals surface area (Å²) < 4.78 is 85.0. The van der Waals surface area contributed by atoms with Gasteiger partial charge in [-0.05, 0) is 12.8 Å². The average molecular weight is 1470 g/mol. The van der Waals surface area contributed by atoms with Gasteiger partial charge in [-0.25, -0.2) is 0 Å². The molecule has 0 radical (unpaired) electrons. The van der Waals surface area contributed by atoms with E-state index in [-0.39, 0.29) is 50.5 Å². The standard InChI is InChI=1S/C54H106N12O26S4/c55-11-21-33(69)37(73)27(63)49(81-21)87-43-19(61)9-17(59)31(67)47(43)91-53-41(77)45(89-51-29(65)39(75)35(71)23(13-57)83-51)25(85-53)15-93-5-1-79-3-7-95-96-8-4-80-2-6-94-16-26-46(90-52-30(66)40(76)36(72)24(14-58)84-52)42(78)54(86-26)92-48-32(68)18(60)10-20(62)44(48)88-50-28(64)38(74)34(70)22(12-56)82-50/h17-54,67-78H,1-16,55-66H2/t17-,18-,19?,20?,21?,22?,23+,24+,25-,26-,27-,28-,29-,30-,31+,32+,33+,34+,35?,36?,37?,38?,39-,40-,41?,42?,43+,44+,45+,46+,47?,48?,49+,50+,51?,52?,53+,54+/m1/s1. The van der Waals surface area contributed by atoms with Gasteiger partial charge in [0.2, 0.25) is 0 Å². The molecule has 6 saturated heterocycles. The third-order valence-corrected chi connectivity index (χ3v) is 22.8. The first-order valence-corrected chi connectivity index (χ1v) is 37.0. The van der Waals surface area contributed by atoms with E-state index < -0.39 is 233 Å². The highest BCUT2D eigenvalue weighted by Crippen LogP contribution is 2.39. The van der Waals surface area contributed by atoms with Crippen LogP contribution in [0.2, 0.25) is 0 Å². The minimum absolute atomic E-state index is 0.0588. The van der Waals surface area contributed by atoms with Gasteiger partial charge in [-0.3, -0.25) is 0 Å². The smallest absolute Gasteiger partial charge is 0.187 e. The zero-order valence-corrected chi connectivity index (χ0v) is 56.2. The Morgan fingerprint density at radius 2 is 0.542 bits per heavy atom. The molecule has 8 fully saturated rings. The van der Waals surface area contributed by atoms with Crippen molar-refractivity contribution < 1.29 is 128 Å². The average Bonchev–Trinajstić information content (AvgIpc) is 1.17. The number of nitrogens with two attached hydrogens (primary N) is 12. The van der Waals surface area contributed by atoms with E-state index in [2.05, 4.69) is 0 Å². The Bertz CT molecular complexity index is 2130. The van der Waals surface area contributed by atoms with Crippen molar-refractivity contribution >= 4 is 45.1 Å². The van der Waals surface area contributed by atoms with Crippen LogP contribution in [0.25, 0.3) is 0 Å². The van der Waals surface area contributed by atoms with Gasteiger partial charge in [0.05, 0.1) is 75.0 Å². The third-order valence-electron chi connectivity index (χ3n) is 18.4. The Morgan fingerprint density at radius 3 is 0.833 bits per heavy atom. The summed E-state index contributed by atoms with van der Waals surface area (Å²) in [4.78, 5) is 0. The molecule has 6 aliphatic heterocycles. The number of aliphatic hydroxyl groups is 12. The topological polar surface area (TPSA) is 684 Å². The second-order valence-electron chi connectivity index (χ2n) is 25.1. The largest absolute Gasteiger partial charge is 0.389 e. The molecule has 562 valence electrons. The van der Waals surface area contributed by atoms with Gasteiger partial charge in [0.1, 0.15) is 122 Å². The highest BCUT2D eigenvalue weighted by Gasteiger charge is 2.57. The lowest BCUT2D eigenvalue weighted by atomic mass is 9.84. The van der Waals surface area contributed by atoms with Gasteiger partial charge in [-0.15, -0.1) is 0 Å². The van der Waals surface area contributed by atoms with Crippen molar-refractivity contribution in [1.82, 2.24) is 0 Å². The summed E-state index contributed by atoms with van der Waals surface area (Å²) >= 11 is 2.81. The summed E-state index contributed by atoms with van der Waals surface area (Å²) in [6, 6.07) is -8.71. The Labute approximate surface area is 571 Å². The number of hydrogen-bond donors (Lipinski definition) is 24. The molecule has 2 aliphatic carbocycles. The van der Waals surface area contributed by atoms with Crippen molar-refractivity contribution in [3.63, 3.8) is 0 Å². The van der Waals surface area contributed by atoms with Crippen LogP contribution >= 0.6 is 45.1 Å². The maximum Gasteiger partial charge on any atom is 0.187 e. The van der Waals surface area contributed by atoms with Crippen LogP contribution < -0.4 is 68.8 Å². The molecule has 38 atom stereocenters. The molecule has 8 rings (SSSR count). The molecule has 0 amide bonds. The van der Waals surface area contributed by atoms with Crippen LogP contribution in [0.1, 0.15) is 12.8 Å². The number of thioether (sulfide) groups is 2. The predicted molar refractivity (Wildman–Crippen MR) is 344 cm³/mol. The van der Waals surface area contributed by atoms with Crippen molar-refractivity contribution in [2.45, 2.75) is 245 Å². The molecule has 6 heterocycles. The van der Waals surface area contributed by atoms with Gasteiger partial charge in [-0.2, -0.15) is 23.5 Å². The van der Waals surface area contributed by atoms with Gasteiger partial charge in [-0.1, -0.05) is 21.6 Å². The minimum atomic E-state index is -1.59. The van der Waals surface area contributed by atoms with E-state index in [0.29, 0.717) is 49.4 Å². The second kappa shape index (κ2) is 38.2. The van der Waals surface area contributed by atoms with Crippen molar-refractivity contribution in [3.05, 3.63) is 0 Å². The Balaban J connectivity index is 0.772. The van der Waals surface area contributed by atoms with Crippen molar-refractivity contribution in [2.24, 2.45) is 68.8 Å². The van der Waals surface area contributed by atoms with Crippen molar-refractivity contribution in [2.75, 3.05) is 87.1 Å². The Hall–Kier alpha value is -0.120. The van der Waals surface area contributed by atoms with Crippen LogP contribution in [-0.2, 0) is 66.3 Å². The summed E-state index contributed by atoms with van der Waals surface area (Å²) in [6.45, 7) is 0.744. The van der Waals surface area contributed by atoms with Crippen LogP contribution in [-0.4, -0.2) is 381 Å². The molecule has 8 aliphatic rings. The molecule has 0 bridgehead atoms. The molecule has 0 aromatic heterocycles. The Kier molecular flexibility index (Phi) is 32.5. The highest BCUT2D eigenvalue weighted by molar-refractivity contribution is 8.76. The third kappa shape index (κ3) is 19.7. The fourth-order valence-electron chi connectivity index (χ4n) is 12.6. The second-order valence-corrected chi connectivity index (χ2v) is 30.1. The number of aliphatic hydroxyl groups excluding tert-OH is 12. The number of rotatable bonds is 33. The molecule has 14 unspecified atom stereocenters. The van der Waals surface area contributed by atoms with E-state index in [9.17, 15) is 61.3 Å². The molecule has 42 heteroatoms. The van der Waals surface area contributed by atoms with Crippen LogP contribution in [0, 0.1) is 0 Å². The molecule has 0 aromatic carbocycles. The van der Waals surface area contributed by atoms with Crippen LogP contribution in [0.5, 0.6) is 0 Å². The SMILES string of the molecule is NCC1O[C@@H](O[C@H]2C(N)C[C@@H](N)[C@H](O)C2O[C@@H]2O[C@H](CSCCOCCSSCCOCCSC[C@H]3O[C@@H](OC4[C@@H](O[C@@H]5OC(CN)[C@H](O)C(O)[C@H]5N)C(N)C[C@@H](N)[C@@H]4O)C(O)[C@H]3OC3O[C@@H](CN)C(O)[C@H](O)[C@H]3N)[C@H](OC3O[C@@H](CN)C(O)[C@H](O)[C@H]3N)C2O)[C@H](N)C(O)[C@H]1O. The zero-order valence-electron chi connectivity index (χ0n) is 52.9. The number of ether oxygens (including phenoxy) is 14. The fraction of sp³-hybridized carbons (Fsp3) is 1.00.